The number of hydrogen-bond acceptors (Lipinski definition) is 6. The van der Waals surface area contributed by atoms with Crippen molar-refractivity contribution in [2.45, 2.75) is 0 Å². The van der Waals surface area contributed by atoms with E-state index in [2.05, 4.69) is 20.6 Å². The Bertz CT molecular complexity index is 460. The normalized spacial score (nSPS) is 10.1. The first-order valence-corrected chi connectivity index (χ1v) is 3.93. The molecule has 0 spiro atoms. The van der Waals surface area contributed by atoms with Crippen molar-refractivity contribution in [1.29, 1.82) is 0 Å². The summed E-state index contributed by atoms with van der Waals surface area (Å²) < 4.78 is 10.2. The molecule has 2 aromatic rings. The summed E-state index contributed by atoms with van der Waals surface area (Å²) in [7, 11) is 3.12. The highest BCUT2D eigenvalue weighted by Crippen LogP contribution is 2.27. The van der Waals surface area contributed by atoms with E-state index in [1.807, 2.05) is 0 Å². The molecular formula is C8H8N4O2. The van der Waals surface area contributed by atoms with E-state index < -0.39 is 0 Å². The molecule has 1 aromatic heterocycles. The molecule has 72 valence electrons. The Hall–Kier alpha value is -1.98. The summed E-state index contributed by atoms with van der Waals surface area (Å²) >= 11 is 0. The predicted molar refractivity (Wildman–Crippen MR) is 48.2 cm³/mol. The number of hydrogen-bond donors (Lipinski definition) is 0. The molecule has 0 saturated carbocycles. The summed E-state index contributed by atoms with van der Waals surface area (Å²) in [4.78, 5) is 0. The average molecular weight is 192 g/mol. The molecule has 0 bridgehead atoms. The van der Waals surface area contributed by atoms with Crippen LogP contribution in [0.4, 0.5) is 0 Å². The topological polar surface area (TPSA) is 70.0 Å². The van der Waals surface area contributed by atoms with Gasteiger partial charge in [0.2, 0.25) is 0 Å². The minimum Gasteiger partial charge on any atom is -0.497 e. The van der Waals surface area contributed by atoms with Gasteiger partial charge in [-0.2, -0.15) is 0 Å². The van der Waals surface area contributed by atoms with Gasteiger partial charge in [-0.15, -0.1) is 10.2 Å². The minimum absolute atomic E-state index is 0.571. The number of methoxy groups -OCH3 is 2. The standard InChI is InChI=1S/C8H8N4O2/c1-13-5-3-6-8(7(4-5)14-2)10-12-11-9-6/h3-4H,1-2H3. The number of aromatic nitrogens is 4. The summed E-state index contributed by atoms with van der Waals surface area (Å²) in [5, 5.41) is 14.5. The number of benzene rings is 1. The molecule has 0 amide bonds. The highest BCUT2D eigenvalue weighted by Gasteiger charge is 2.07. The van der Waals surface area contributed by atoms with Crippen LogP contribution in [0.15, 0.2) is 12.1 Å². The lowest BCUT2D eigenvalue weighted by Gasteiger charge is -2.05. The summed E-state index contributed by atoms with van der Waals surface area (Å²) in [6.45, 7) is 0. The van der Waals surface area contributed by atoms with Crippen LogP contribution in [-0.2, 0) is 0 Å². The fourth-order valence-electron chi connectivity index (χ4n) is 1.15. The van der Waals surface area contributed by atoms with Crippen molar-refractivity contribution in [3.05, 3.63) is 12.1 Å². The third kappa shape index (κ3) is 1.30. The molecule has 2 rings (SSSR count). The van der Waals surface area contributed by atoms with Crippen molar-refractivity contribution in [2.24, 2.45) is 0 Å². The zero-order valence-corrected chi connectivity index (χ0v) is 7.76. The first kappa shape index (κ1) is 8.61. The van der Waals surface area contributed by atoms with Crippen LogP contribution in [-0.4, -0.2) is 34.8 Å². The quantitative estimate of drug-likeness (QED) is 0.687. The number of fused-ring (bicyclic) bond motifs is 1. The van der Waals surface area contributed by atoms with Crippen molar-refractivity contribution in [1.82, 2.24) is 20.6 Å². The Labute approximate surface area is 79.9 Å². The molecule has 1 heterocycles. The maximum absolute atomic E-state index is 5.12. The maximum Gasteiger partial charge on any atom is 0.157 e. The van der Waals surface area contributed by atoms with E-state index in [1.54, 1.807) is 26.4 Å². The summed E-state index contributed by atoms with van der Waals surface area (Å²) in [6.07, 6.45) is 0. The second-order valence-corrected chi connectivity index (χ2v) is 2.58. The van der Waals surface area contributed by atoms with Crippen molar-refractivity contribution in [3.63, 3.8) is 0 Å². The van der Waals surface area contributed by atoms with Gasteiger partial charge in [0.25, 0.3) is 0 Å². The van der Waals surface area contributed by atoms with E-state index >= 15 is 0 Å². The van der Waals surface area contributed by atoms with Crippen LogP contribution >= 0.6 is 0 Å². The van der Waals surface area contributed by atoms with Gasteiger partial charge < -0.3 is 9.47 Å². The van der Waals surface area contributed by atoms with Gasteiger partial charge in [-0.05, 0) is 10.4 Å². The molecule has 0 fully saturated rings. The van der Waals surface area contributed by atoms with Gasteiger partial charge in [0.05, 0.1) is 14.2 Å². The second kappa shape index (κ2) is 3.41. The first-order chi connectivity index (χ1) is 6.85. The SMILES string of the molecule is COc1cc(OC)c2nnnnc2c1. The van der Waals surface area contributed by atoms with Crippen LogP contribution < -0.4 is 9.47 Å². The molecule has 0 atom stereocenters. The van der Waals surface area contributed by atoms with Gasteiger partial charge in [0, 0.05) is 12.1 Å². The van der Waals surface area contributed by atoms with Crippen LogP contribution in [0.5, 0.6) is 11.5 Å². The molecule has 1 aromatic carbocycles. The summed E-state index contributed by atoms with van der Waals surface area (Å²) in [5.74, 6) is 1.22. The molecule has 0 aliphatic rings. The smallest absolute Gasteiger partial charge is 0.157 e. The van der Waals surface area contributed by atoms with E-state index in [0.717, 1.165) is 0 Å². The third-order valence-electron chi connectivity index (χ3n) is 1.82. The number of ether oxygens (including phenoxy) is 2. The van der Waals surface area contributed by atoms with E-state index in [9.17, 15) is 0 Å². The largest absolute Gasteiger partial charge is 0.497 e. The number of rotatable bonds is 2. The third-order valence-corrected chi connectivity index (χ3v) is 1.82. The molecule has 0 unspecified atom stereocenters. The van der Waals surface area contributed by atoms with Gasteiger partial charge >= 0.3 is 0 Å². The Morgan fingerprint density at radius 1 is 1.00 bits per heavy atom. The molecule has 0 N–H and O–H groups in total. The predicted octanol–water partition coefficient (Wildman–Crippen LogP) is 0.437. The number of nitrogens with zero attached hydrogens (tertiary/aromatic N) is 4. The van der Waals surface area contributed by atoms with Crippen LogP contribution in [0, 0.1) is 0 Å². The lowest BCUT2D eigenvalue weighted by Crippen LogP contribution is -1.96. The Morgan fingerprint density at radius 3 is 2.50 bits per heavy atom. The van der Waals surface area contributed by atoms with E-state index in [0.29, 0.717) is 22.5 Å². The van der Waals surface area contributed by atoms with Crippen LogP contribution in [0.2, 0.25) is 0 Å². The molecular weight excluding hydrogens is 184 g/mol. The lowest BCUT2D eigenvalue weighted by atomic mass is 10.2. The van der Waals surface area contributed by atoms with E-state index in [-0.39, 0.29) is 0 Å². The molecule has 0 aliphatic heterocycles. The monoisotopic (exact) mass is 192 g/mol. The zero-order chi connectivity index (χ0) is 9.97. The molecule has 0 aliphatic carbocycles. The Morgan fingerprint density at radius 2 is 1.79 bits per heavy atom. The molecule has 0 saturated heterocycles. The van der Waals surface area contributed by atoms with E-state index in [4.69, 9.17) is 9.47 Å². The lowest BCUT2D eigenvalue weighted by molar-refractivity contribution is 0.396. The first-order valence-electron chi connectivity index (χ1n) is 3.93. The fraction of sp³-hybridized carbons (Fsp3) is 0.250. The minimum atomic E-state index is 0.571. The van der Waals surface area contributed by atoms with Crippen LogP contribution in [0.1, 0.15) is 0 Å². The molecule has 0 radical (unpaired) electrons. The second-order valence-electron chi connectivity index (χ2n) is 2.58. The summed E-state index contributed by atoms with van der Waals surface area (Å²) in [5.41, 5.74) is 1.17. The van der Waals surface area contributed by atoms with E-state index in [1.165, 1.54) is 0 Å². The molecule has 6 nitrogen and oxygen atoms in total. The Kier molecular flexibility index (Phi) is 2.10. The van der Waals surface area contributed by atoms with Gasteiger partial charge in [0.15, 0.2) is 11.3 Å². The summed E-state index contributed by atoms with van der Waals surface area (Å²) in [6, 6.07) is 3.44. The Balaban J connectivity index is 2.73. The van der Waals surface area contributed by atoms with Crippen molar-refractivity contribution < 1.29 is 9.47 Å². The highest BCUT2D eigenvalue weighted by molar-refractivity contribution is 5.81. The van der Waals surface area contributed by atoms with Gasteiger partial charge in [-0.1, -0.05) is 0 Å². The zero-order valence-electron chi connectivity index (χ0n) is 7.76. The van der Waals surface area contributed by atoms with Gasteiger partial charge in [-0.3, -0.25) is 0 Å². The molecule has 6 heteroatoms. The van der Waals surface area contributed by atoms with Gasteiger partial charge in [-0.25, -0.2) is 0 Å². The molecule has 14 heavy (non-hydrogen) atoms. The van der Waals surface area contributed by atoms with Crippen molar-refractivity contribution >= 4 is 11.0 Å². The van der Waals surface area contributed by atoms with Crippen molar-refractivity contribution in [2.75, 3.05) is 14.2 Å². The average Bonchev–Trinajstić information content (AvgIpc) is 2.27. The fourth-order valence-corrected chi connectivity index (χ4v) is 1.15. The maximum atomic E-state index is 5.12. The van der Waals surface area contributed by atoms with Gasteiger partial charge in [0.1, 0.15) is 11.3 Å². The van der Waals surface area contributed by atoms with Crippen LogP contribution in [0.25, 0.3) is 11.0 Å². The van der Waals surface area contributed by atoms with Crippen LogP contribution in [0.3, 0.4) is 0 Å². The van der Waals surface area contributed by atoms with Crippen molar-refractivity contribution in [3.8, 4) is 11.5 Å². The highest BCUT2D eigenvalue weighted by atomic mass is 16.5.